The average molecular weight is 606 g/mol. The number of hydrogen-bond acceptors (Lipinski definition) is 5. The van der Waals surface area contributed by atoms with E-state index in [-0.39, 0.29) is 44.0 Å². The van der Waals surface area contributed by atoms with Crippen LogP contribution in [-0.2, 0) is 11.2 Å². The molecule has 0 atom stereocenters. The Hall–Kier alpha value is -5.11. The Bertz CT molecular complexity index is 1870. The van der Waals surface area contributed by atoms with Crippen LogP contribution in [-0.4, -0.2) is 40.6 Å². The summed E-state index contributed by atoms with van der Waals surface area (Å²) in [5, 5.41) is 0.906. The van der Waals surface area contributed by atoms with Gasteiger partial charge in [0.05, 0.1) is 0 Å². The molecule has 0 saturated carbocycles. The summed E-state index contributed by atoms with van der Waals surface area (Å²) >= 11 is 0. The van der Waals surface area contributed by atoms with Gasteiger partial charge in [-0.05, 0) is 83.8 Å². The van der Waals surface area contributed by atoms with Crippen LogP contribution in [0, 0.1) is 6.92 Å². The number of pyridine rings is 1. The van der Waals surface area contributed by atoms with E-state index in [2.05, 4.69) is 35.3 Å². The molecule has 6 nitrogen and oxygen atoms in total. The number of carbonyl (C=O) groups is 2. The van der Waals surface area contributed by atoms with Crippen molar-refractivity contribution in [1.82, 2.24) is 9.88 Å². The molecule has 1 fully saturated rings. The number of ketones is 1. The molecule has 8 heteroatoms. The number of allylic oxidation sites excluding steroid dienone is 1. The first kappa shape index (κ1) is 29.9. The number of furan rings is 1. The van der Waals surface area contributed by atoms with Crippen molar-refractivity contribution in [2.75, 3.05) is 18.8 Å². The van der Waals surface area contributed by atoms with E-state index in [1.807, 2.05) is 31.2 Å². The van der Waals surface area contributed by atoms with Crippen LogP contribution in [0.3, 0.4) is 0 Å². The maximum absolute atomic E-state index is 13.6. The summed E-state index contributed by atoms with van der Waals surface area (Å²) in [5.41, 5.74) is 12.6. The van der Waals surface area contributed by atoms with Crippen LogP contribution < -0.4 is 5.73 Å². The fourth-order valence-corrected chi connectivity index (χ4v) is 5.50. The number of benzene rings is 3. The second kappa shape index (κ2) is 12.5. The van der Waals surface area contributed by atoms with Crippen LogP contribution in [0.15, 0.2) is 95.6 Å². The molecule has 2 N–H and O–H groups in total. The highest BCUT2D eigenvalue weighted by Gasteiger charge is 2.35. The first-order chi connectivity index (χ1) is 21.6. The lowest BCUT2D eigenvalue weighted by atomic mass is 9.95. The number of likely N-dealkylation sites (tertiary alicyclic amines) is 1. The number of fused-ring (bicyclic) bond motifs is 1. The lowest BCUT2D eigenvalue weighted by Gasteiger charge is -2.31. The number of hydrogen-bond donors (Lipinski definition) is 1. The van der Waals surface area contributed by atoms with Gasteiger partial charge in [0.25, 0.3) is 11.8 Å². The highest BCUT2D eigenvalue weighted by molar-refractivity contribution is 5.98. The van der Waals surface area contributed by atoms with Crippen LogP contribution in [0.2, 0.25) is 0 Å². The van der Waals surface area contributed by atoms with Gasteiger partial charge in [0, 0.05) is 61.5 Å². The van der Waals surface area contributed by atoms with Crippen molar-refractivity contribution in [2.45, 2.75) is 38.5 Å². The number of halogens is 2. The highest BCUT2D eigenvalue weighted by atomic mass is 19.3. The number of anilines is 1. The largest absolute Gasteiger partial charge is 0.460 e. The quantitative estimate of drug-likeness (QED) is 0.180. The molecule has 1 saturated heterocycles. The SMILES string of the molecule is Cc1ccc(-c2cc(-c3ccc(C(=O)N4CCC(F)(F)CC4)cc3)cc3cc(CCC(=O)/C=C/c4ccc(N)nc4)oc23)cc1. The van der Waals surface area contributed by atoms with Crippen molar-refractivity contribution in [1.29, 1.82) is 0 Å². The minimum Gasteiger partial charge on any atom is -0.460 e. The van der Waals surface area contributed by atoms with Gasteiger partial charge in [0.1, 0.15) is 17.2 Å². The predicted molar refractivity (Wildman–Crippen MR) is 173 cm³/mol. The maximum Gasteiger partial charge on any atom is 0.253 e. The third kappa shape index (κ3) is 7.01. The summed E-state index contributed by atoms with van der Waals surface area (Å²) in [7, 11) is 0. The predicted octanol–water partition coefficient (Wildman–Crippen LogP) is 8.14. The molecule has 0 radical (unpaired) electrons. The molecule has 228 valence electrons. The second-order valence-corrected chi connectivity index (χ2v) is 11.6. The number of piperidine rings is 1. The van der Waals surface area contributed by atoms with Gasteiger partial charge in [0.15, 0.2) is 5.78 Å². The summed E-state index contributed by atoms with van der Waals surface area (Å²) in [6.45, 7) is 2.14. The Morgan fingerprint density at radius 3 is 2.33 bits per heavy atom. The number of nitrogen functional groups attached to an aromatic ring is 1. The van der Waals surface area contributed by atoms with Crippen LogP contribution in [0.1, 0.15) is 46.5 Å². The van der Waals surface area contributed by atoms with Crippen molar-refractivity contribution in [3.63, 3.8) is 0 Å². The van der Waals surface area contributed by atoms with E-state index in [0.29, 0.717) is 23.6 Å². The summed E-state index contributed by atoms with van der Waals surface area (Å²) in [6.07, 6.45) is 5.00. The second-order valence-electron chi connectivity index (χ2n) is 11.6. The zero-order valence-corrected chi connectivity index (χ0v) is 24.9. The van der Waals surface area contributed by atoms with Gasteiger partial charge in [-0.3, -0.25) is 9.59 Å². The smallest absolute Gasteiger partial charge is 0.253 e. The third-order valence-corrected chi connectivity index (χ3v) is 8.17. The molecule has 1 aliphatic heterocycles. The Labute approximate surface area is 260 Å². The lowest BCUT2D eigenvalue weighted by molar-refractivity contribution is -0.114. The first-order valence-corrected chi connectivity index (χ1v) is 15.0. The number of carbonyl (C=O) groups excluding carboxylic acids is 2. The molecular formula is C37H33F2N3O3. The van der Waals surface area contributed by atoms with E-state index in [1.54, 1.807) is 42.6 Å². The number of nitrogens with two attached hydrogens (primary N) is 1. The van der Waals surface area contributed by atoms with Gasteiger partial charge in [0.2, 0.25) is 0 Å². The van der Waals surface area contributed by atoms with Crippen LogP contribution in [0.25, 0.3) is 39.3 Å². The number of alkyl halides is 2. The number of aromatic nitrogens is 1. The summed E-state index contributed by atoms with van der Waals surface area (Å²) in [4.78, 5) is 31.1. The monoisotopic (exact) mass is 605 g/mol. The van der Waals surface area contributed by atoms with Crippen LogP contribution >= 0.6 is 0 Å². The zero-order chi connectivity index (χ0) is 31.6. The zero-order valence-electron chi connectivity index (χ0n) is 24.9. The topological polar surface area (TPSA) is 89.4 Å². The molecule has 1 amide bonds. The fraction of sp³-hybridized carbons (Fsp3) is 0.216. The van der Waals surface area contributed by atoms with Gasteiger partial charge in [-0.2, -0.15) is 0 Å². The Morgan fingerprint density at radius 2 is 1.64 bits per heavy atom. The molecule has 3 aromatic carbocycles. The van der Waals surface area contributed by atoms with Crippen LogP contribution in [0.4, 0.5) is 14.6 Å². The van der Waals surface area contributed by atoms with Gasteiger partial charge < -0.3 is 15.1 Å². The molecule has 0 bridgehead atoms. The average Bonchev–Trinajstić information content (AvgIpc) is 3.46. The van der Waals surface area contributed by atoms with Crippen molar-refractivity contribution in [3.8, 4) is 22.3 Å². The minimum atomic E-state index is -2.70. The van der Waals surface area contributed by atoms with Crippen molar-refractivity contribution in [2.24, 2.45) is 0 Å². The Kier molecular flexibility index (Phi) is 8.30. The Morgan fingerprint density at radius 1 is 0.933 bits per heavy atom. The molecule has 1 aliphatic rings. The molecule has 2 aromatic heterocycles. The third-order valence-electron chi connectivity index (χ3n) is 8.17. The van der Waals surface area contributed by atoms with Crippen molar-refractivity contribution in [3.05, 3.63) is 114 Å². The number of aryl methyl sites for hydroxylation is 2. The van der Waals surface area contributed by atoms with E-state index >= 15 is 0 Å². The van der Waals surface area contributed by atoms with Crippen LogP contribution in [0.5, 0.6) is 0 Å². The summed E-state index contributed by atoms with van der Waals surface area (Å²) in [6, 6.07) is 25.1. The summed E-state index contributed by atoms with van der Waals surface area (Å²) in [5.74, 6) is -1.83. The lowest BCUT2D eigenvalue weighted by Crippen LogP contribution is -2.42. The maximum atomic E-state index is 13.6. The first-order valence-electron chi connectivity index (χ1n) is 15.0. The van der Waals surface area contributed by atoms with E-state index in [4.69, 9.17) is 10.2 Å². The van der Waals surface area contributed by atoms with E-state index in [1.165, 1.54) is 4.90 Å². The molecule has 6 rings (SSSR count). The van der Waals surface area contributed by atoms with Gasteiger partial charge in [-0.1, -0.05) is 42.0 Å². The van der Waals surface area contributed by atoms with E-state index in [0.717, 1.165) is 44.3 Å². The molecular weight excluding hydrogens is 572 g/mol. The van der Waals surface area contributed by atoms with E-state index < -0.39 is 5.92 Å². The fourth-order valence-electron chi connectivity index (χ4n) is 5.50. The van der Waals surface area contributed by atoms with Crippen molar-refractivity contribution >= 4 is 34.6 Å². The standard InChI is InChI=1S/C37H33F2N3O3/c1-24-2-6-27(7-3-24)33-22-29(26-8-10-28(11-9-26)36(44)42-18-16-37(38,39)17-19-42)20-30-21-32(45-35(30)33)14-13-31(43)12-4-25-5-15-34(40)41-23-25/h2-12,15,20-23H,13-14,16-19H2,1H3,(H2,40,41)/b12-4+. The molecule has 0 spiro atoms. The highest BCUT2D eigenvalue weighted by Crippen LogP contribution is 2.37. The summed E-state index contributed by atoms with van der Waals surface area (Å²) < 4.78 is 33.5. The molecule has 3 heterocycles. The van der Waals surface area contributed by atoms with Gasteiger partial charge in [-0.25, -0.2) is 13.8 Å². The molecule has 45 heavy (non-hydrogen) atoms. The molecule has 5 aromatic rings. The Balaban J connectivity index is 1.24. The van der Waals surface area contributed by atoms with Gasteiger partial charge >= 0.3 is 0 Å². The molecule has 0 aliphatic carbocycles. The number of nitrogens with zero attached hydrogens (tertiary/aromatic N) is 2. The van der Waals surface area contributed by atoms with Crippen molar-refractivity contribution < 1.29 is 22.8 Å². The number of rotatable bonds is 8. The number of amides is 1. The van der Waals surface area contributed by atoms with E-state index in [9.17, 15) is 18.4 Å². The van der Waals surface area contributed by atoms with Gasteiger partial charge in [-0.15, -0.1) is 0 Å². The normalized spacial score (nSPS) is 14.7. The minimum absolute atomic E-state index is 0.0281. The molecule has 0 unspecified atom stereocenters.